The number of hydrogen-bond acceptors (Lipinski definition) is 4. The van der Waals surface area contributed by atoms with Gasteiger partial charge in [-0.3, -0.25) is 10.1 Å². The number of amides is 1. The Bertz CT molecular complexity index is 444. The molecule has 2 rings (SSSR count). The second-order valence-corrected chi connectivity index (χ2v) is 5.34. The first-order valence-corrected chi connectivity index (χ1v) is 7.27. The van der Waals surface area contributed by atoms with Crippen LogP contribution in [0.1, 0.15) is 0 Å². The molecule has 1 heterocycles. The zero-order valence-corrected chi connectivity index (χ0v) is 12.8. The van der Waals surface area contributed by atoms with Crippen molar-refractivity contribution in [2.45, 2.75) is 6.04 Å². The summed E-state index contributed by atoms with van der Waals surface area (Å²) in [5.74, 6) is 1.51. The molecule has 1 fully saturated rings. The van der Waals surface area contributed by atoms with Crippen molar-refractivity contribution in [3.05, 3.63) is 30.1 Å². The Morgan fingerprint density at radius 3 is 2.95 bits per heavy atom. The highest BCUT2D eigenvalue weighted by Crippen LogP contribution is 2.15. The Morgan fingerprint density at radius 1 is 1.55 bits per heavy atom. The Labute approximate surface area is 128 Å². The van der Waals surface area contributed by atoms with E-state index in [4.69, 9.17) is 4.74 Å². The normalized spacial score (nSPS) is 17.4. The second kappa shape index (κ2) is 8.34. The highest BCUT2D eigenvalue weighted by Gasteiger charge is 2.25. The lowest BCUT2D eigenvalue weighted by Crippen LogP contribution is -2.44. The average Bonchev–Trinajstić information content (AvgIpc) is 2.94. The van der Waals surface area contributed by atoms with Crippen LogP contribution in [0.4, 0.5) is 4.39 Å². The van der Waals surface area contributed by atoms with Gasteiger partial charge in [0.05, 0.1) is 12.6 Å². The molecular weight excluding hydrogens is 303 g/mol. The third-order valence-corrected chi connectivity index (χ3v) is 3.85. The van der Waals surface area contributed by atoms with Crippen LogP contribution in [-0.2, 0) is 4.79 Å². The molecular formula is C13H18ClFN2O2S. The molecule has 0 aromatic heterocycles. The van der Waals surface area contributed by atoms with Crippen LogP contribution in [0.15, 0.2) is 24.3 Å². The highest BCUT2D eigenvalue weighted by molar-refractivity contribution is 7.99. The second-order valence-electron chi connectivity index (χ2n) is 4.31. The topological polar surface area (TPSA) is 41.6 Å². The summed E-state index contributed by atoms with van der Waals surface area (Å²) < 4.78 is 18.6. The van der Waals surface area contributed by atoms with E-state index in [1.54, 1.807) is 41.9 Å². The van der Waals surface area contributed by atoms with Gasteiger partial charge in [-0.25, -0.2) is 4.39 Å². The molecule has 7 heteroatoms. The Balaban J connectivity index is 0.00000200. The fourth-order valence-corrected chi connectivity index (χ4v) is 2.72. The number of likely N-dealkylation sites (N-methyl/N-ethyl adjacent to an activating group) is 1. The van der Waals surface area contributed by atoms with Crippen LogP contribution in [0.3, 0.4) is 0 Å². The van der Waals surface area contributed by atoms with Gasteiger partial charge >= 0.3 is 0 Å². The number of carbonyl (C=O) groups excluding carboxylic acids is 1. The van der Waals surface area contributed by atoms with Crippen LogP contribution in [-0.4, -0.2) is 48.7 Å². The molecule has 1 aliphatic rings. The standard InChI is InChI=1S/C13H17FN2O2S.ClH/c1-16(13(17)11-8-19-9-15-11)6-7-18-12-5-3-2-4-10(12)14;/h2-5,11,15H,6-9H2,1H3;1H/t11-;/m1./s1. The number of ether oxygens (including phenoxy) is 1. The number of hydrogen-bond donors (Lipinski definition) is 1. The molecule has 0 aliphatic carbocycles. The van der Waals surface area contributed by atoms with Gasteiger partial charge in [0.15, 0.2) is 11.6 Å². The maximum absolute atomic E-state index is 13.3. The summed E-state index contributed by atoms with van der Waals surface area (Å²) in [7, 11) is 1.73. The SMILES string of the molecule is CN(CCOc1ccccc1F)C(=O)[C@H]1CSCN1.Cl. The number of carbonyl (C=O) groups is 1. The first-order valence-electron chi connectivity index (χ1n) is 6.12. The molecule has 0 unspecified atom stereocenters. The summed E-state index contributed by atoms with van der Waals surface area (Å²) in [5, 5.41) is 3.13. The van der Waals surface area contributed by atoms with E-state index in [1.807, 2.05) is 0 Å². The van der Waals surface area contributed by atoms with Crippen molar-refractivity contribution in [1.29, 1.82) is 0 Å². The van der Waals surface area contributed by atoms with Gasteiger partial charge in [-0.2, -0.15) is 0 Å². The van der Waals surface area contributed by atoms with Crippen LogP contribution in [0, 0.1) is 5.82 Å². The average molecular weight is 321 g/mol. The maximum Gasteiger partial charge on any atom is 0.240 e. The maximum atomic E-state index is 13.3. The van der Waals surface area contributed by atoms with E-state index < -0.39 is 0 Å². The molecule has 4 nitrogen and oxygen atoms in total. The molecule has 1 aliphatic heterocycles. The van der Waals surface area contributed by atoms with Gasteiger partial charge in [0, 0.05) is 18.7 Å². The van der Waals surface area contributed by atoms with Gasteiger partial charge in [-0.15, -0.1) is 24.2 Å². The van der Waals surface area contributed by atoms with Crippen LogP contribution in [0.2, 0.25) is 0 Å². The molecule has 1 amide bonds. The number of thioether (sulfide) groups is 1. The van der Waals surface area contributed by atoms with E-state index in [1.165, 1.54) is 6.07 Å². The largest absolute Gasteiger partial charge is 0.489 e. The van der Waals surface area contributed by atoms with Crippen molar-refractivity contribution in [2.24, 2.45) is 0 Å². The molecule has 0 radical (unpaired) electrons. The summed E-state index contributed by atoms with van der Waals surface area (Å²) in [6.45, 7) is 0.721. The quantitative estimate of drug-likeness (QED) is 0.897. The summed E-state index contributed by atoms with van der Waals surface area (Å²) in [4.78, 5) is 13.6. The fourth-order valence-electron chi connectivity index (χ4n) is 1.78. The van der Waals surface area contributed by atoms with Crippen molar-refractivity contribution in [3.63, 3.8) is 0 Å². The summed E-state index contributed by atoms with van der Waals surface area (Å²) in [6, 6.07) is 6.15. The smallest absolute Gasteiger partial charge is 0.240 e. The van der Waals surface area contributed by atoms with Crippen molar-refractivity contribution in [1.82, 2.24) is 10.2 Å². The van der Waals surface area contributed by atoms with Crippen molar-refractivity contribution >= 4 is 30.1 Å². The number of nitrogens with one attached hydrogen (secondary N) is 1. The number of para-hydroxylation sites is 1. The number of halogens is 2. The van der Waals surface area contributed by atoms with Gasteiger partial charge in [0.1, 0.15) is 6.61 Å². The molecule has 0 spiro atoms. The van der Waals surface area contributed by atoms with Gasteiger partial charge in [0.2, 0.25) is 5.91 Å². The van der Waals surface area contributed by atoms with Crippen LogP contribution in [0.25, 0.3) is 0 Å². The molecule has 1 aromatic carbocycles. The molecule has 0 saturated carbocycles. The lowest BCUT2D eigenvalue weighted by Gasteiger charge is -2.20. The molecule has 1 N–H and O–H groups in total. The molecule has 1 atom stereocenters. The number of rotatable bonds is 5. The number of benzene rings is 1. The third-order valence-electron chi connectivity index (χ3n) is 2.91. The van der Waals surface area contributed by atoms with E-state index in [2.05, 4.69) is 5.32 Å². The van der Waals surface area contributed by atoms with E-state index in [0.29, 0.717) is 6.54 Å². The predicted octanol–water partition coefficient (Wildman–Crippen LogP) is 1.75. The lowest BCUT2D eigenvalue weighted by molar-refractivity contribution is -0.131. The Morgan fingerprint density at radius 2 is 2.30 bits per heavy atom. The third kappa shape index (κ3) is 4.54. The minimum absolute atomic E-state index is 0. The minimum atomic E-state index is -0.384. The van der Waals surface area contributed by atoms with Crippen LogP contribution >= 0.6 is 24.2 Å². The Kier molecular flexibility index (Phi) is 7.12. The van der Waals surface area contributed by atoms with Crippen molar-refractivity contribution in [3.8, 4) is 5.75 Å². The van der Waals surface area contributed by atoms with Crippen LogP contribution < -0.4 is 10.1 Å². The zero-order chi connectivity index (χ0) is 13.7. The van der Waals surface area contributed by atoms with Crippen LogP contribution in [0.5, 0.6) is 5.75 Å². The van der Waals surface area contributed by atoms with Gasteiger partial charge in [-0.1, -0.05) is 12.1 Å². The molecule has 112 valence electrons. The zero-order valence-electron chi connectivity index (χ0n) is 11.2. The molecule has 1 aromatic rings. The molecule has 1 saturated heterocycles. The van der Waals surface area contributed by atoms with E-state index in [9.17, 15) is 9.18 Å². The van der Waals surface area contributed by atoms with E-state index in [-0.39, 0.29) is 42.5 Å². The monoisotopic (exact) mass is 320 g/mol. The molecule has 20 heavy (non-hydrogen) atoms. The van der Waals surface area contributed by atoms with Crippen molar-refractivity contribution < 1.29 is 13.9 Å². The molecule has 0 bridgehead atoms. The van der Waals surface area contributed by atoms with Gasteiger partial charge in [0.25, 0.3) is 0 Å². The van der Waals surface area contributed by atoms with Crippen molar-refractivity contribution in [2.75, 3.05) is 31.8 Å². The summed E-state index contributed by atoms with van der Waals surface area (Å²) in [6.07, 6.45) is 0. The van der Waals surface area contributed by atoms with Gasteiger partial charge in [-0.05, 0) is 12.1 Å². The van der Waals surface area contributed by atoms with Gasteiger partial charge < -0.3 is 9.64 Å². The fraction of sp³-hybridized carbons (Fsp3) is 0.462. The number of nitrogens with zero attached hydrogens (tertiary/aromatic N) is 1. The predicted molar refractivity (Wildman–Crippen MR) is 81.0 cm³/mol. The first-order chi connectivity index (χ1) is 9.18. The minimum Gasteiger partial charge on any atom is -0.489 e. The van der Waals surface area contributed by atoms with E-state index in [0.717, 1.165) is 11.6 Å². The highest BCUT2D eigenvalue weighted by atomic mass is 35.5. The Hall–Kier alpha value is -0.980. The first kappa shape index (κ1) is 17.1. The van der Waals surface area contributed by atoms with E-state index >= 15 is 0 Å². The lowest BCUT2D eigenvalue weighted by atomic mass is 10.3. The summed E-state index contributed by atoms with van der Waals surface area (Å²) >= 11 is 1.71. The summed E-state index contributed by atoms with van der Waals surface area (Å²) in [5.41, 5.74) is 0.